The van der Waals surface area contributed by atoms with E-state index in [1.807, 2.05) is 6.92 Å². The van der Waals surface area contributed by atoms with Crippen LogP contribution in [0.25, 0.3) is 0 Å². The van der Waals surface area contributed by atoms with Crippen LogP contribution in [0.3, 0.4) is 0 Å². The van der Waals surface area contributed by atoms with Gasteiger partial charge in [0.05, 0.1) is 12.0 Å². The Hall–Kier alpha value is -1.30. The smallest absolute Gasteiger partial charge is 0.314 e. The summed E-state index contributed by atoms with van der Waals surface area (Å²) < 4.78 is 0. The van der Waals surface area contributed by atoms with Gasteiger partial charge in [0.15, 0.2) is 0 Å². The Balaban J connectivity index is 2.30. The number of nitrogens with zero attached hydrogens (tertiary/aromatic N) is 1. The number of primary amides is 1. The molecule has 1 fully saturated rings. The lowest BCUT2D eigenvalue weighted by Crippen LogP contribution is -2.47. The van der Waals surface area contributed by atoms with Crippen LogP contribution in [0.4, 0.5) is 4.79 Å². The Kier molecular flexibility index (Phi) is 5.91. The van der Waals surface area contributed by atoms with Crippen LogP contribution in [0.5, 0.6) is 0 Å². The number of carbonyl (C=O) groups excluding carboxylic acids is 2. The zero-order valence-corrected chi connectivity index (χ0v) is 10.9. The Morgan fingerprint density at radius 2 is 2.28 bits per heavy atom. The fourth-order valence-electron chi connectivity index (χ4n) is 2.10. The highest BCUT2D eigenvalue weighted by atomic mass is 16.3. The molecule has 6 heteroatoms. The number of carbonyl (C=O) groups is 2. The van der Waals surface area contributed by atoms with Crippen LogP contribution in [0.2, 0.25) is 0 Å². The van der Waals surface area contributed by atoms with Crippen molar-refractivity contribution in [1.29, 1.82) is 0 Å². The molecule has 2 atom stereocenters. The maximum Gasteiger partial charge on any atom is 0.314 e. The van der Waals surface area contributed by atoms with Gasteiger partial charge in [0.25, 0.3) is 0 Å². The quantitative estimate of drug-likeness (QED) is 0.649. The first-order valence-corrected chi connectivity index (χ1v) is 6.54. The fraction of sp³-hybridized carbons (Fsp3) is 0.833. The summed E-state index contributed by atoms with van der Waals surface area (Å²) >= 11 is 0. The van der Waals surface area contributed by atoms with Gasteiger partial charge in [-0.3, -0.25) is 4.79 Å². The van der Waals surface area contributed by atoms with E-state index in [-0.39, 0.29) is 17.9 Å². The molecule has 0 aromatic heterocycles. The van der Waals surface area contributed by atoms with Gasteiger partial charge in [-0.25, -0.2) is 4.79 Å². The third kappa shape index (κ3) is 4.52. The van der Waals surface area contributed by atoms with Gasteiger partial charge in [0.1, 0.15) is 0 Å². The first-order chi connectivity index (χ1) is 8.54. The molecule has 0 bridgehead atoms. The number of aliphatic hydroxyl groups excluding tert-OH is 1. The summed E-state index contributed by atoms with van der Waals surface area (Å²) in [4.78, 5) is 24.4. The van der Waals surface area contributed by atoms with Crippen molar-refractivity contribution >= 4 is 11.9 Å². The van der Waals surface area contributed by atoms with Crippen molar-refractivity contribution in [2.45, 2.75) is 38.7 Å². The maximum absolute atomic E-state index is 11.9. The van der Waals surface area contributed by atoms with Crippen molar-refractivity contribution in [2.24, 2.45) is 11.7 Å². The number of aliphatic hydroxyl groups is 1. The second-order valence-corrected chi connectivity index (χ2v) is 4.77. The molecule has 0 aromatic carbocycles. The second kappa shape index (κ2) is 7.20. The predicted octanol–water partition coefficient (Wildman–Crippen LogP) is 0.0543. The summed E-state index contributed by atoms with van der Waals surface area (Å²) in [5.74, 6) is -0.228. The van der Waals surface area contributed by atoms with Crippen molar-refractivity contribution < 1.29 is 14.7 Å². The molecule has 1 saturated heterocycles. The van der Waals surface area contributed by atoms with E-state index in [9.17, 15) is 14.7 Å². The third-order valence-electron chi connectivity index (χ3n) is 3.35. The molecular weight excluding hydrogens is 234 g/mol. The Morgan fingerprint density at radius 3 is 2.89 bits per heavy atom. The van der Waals surface area contributed by atoms with Crippen molar-refractivity contribution in [1.82, 2.24) is 10.2 Å². The topological polar surface area (TPSA) is 95.7 Å². The van der Waals surface area contributed by atoms with Gasteiger partial charge in [-0.2, -0.15) is 0 Å². The van der Waals surface area contributed by atoms with Crippen LogP contribution < -0.4 is 11.1 Å². The molecule has 1 rings (SSSR count). The van der Waals surface area contributed by atoms with Gasteiger partial charge in [0, 0.05) is 19.6 Å². The monoisotopic (exact) mass is 257 g/mol. The highest BCUT2D eigenvalue weighted by Crippen LogP contribution is 2.16. The van der Waals surface area contributed by atoms with E-state index in [4.69, 9.17) is 5.73 Å². The van der Waals surface area contributed by atoms with Crippen LogP contribution in [-0.4, -0.2) is 47.7 Å². The highest BCUT2D eigenvalue weighted by molar-refractivity contribution is 5.80. The van der Waals surface area contributed by atoms with Gasteiger partial charge < -0.3 is 21.1 Å². The van der Waals surface area contributed by atoms with Crippen LogP contribution in [0.15, 0.2) is 0 Å². The van der Waals surface area contributed by atoms with E-state index < -0.39 is 6.03 Å². The number of hydrogen-bond acceptors (Lipinski definition) is 3. The van der Waals surface area contributed by atoms with Gasteiger partial charge in [-0.1, -0.05) is 6.92 Å². The first kappa shape index (κ1) is 14.8. The molecule has 1 heterocycles. The van der Waals surface area contributed by atoms with E-state index >= 15 is 0 Å². The van der Waals surface area contributed by atoms with E-state index in [1.165, 1.54) is 4.90 Å². The van der Waals surface area contributed by atoms with E-state index in [0.717, 1.165) is 12.8 Å². The number of hydrogen-bond donors (Lipinski definition) is 3. The molecule has 0 saturated carbocycles. The normalized spacial score (nSPS) is 21.4. The average Bonchev–Trinajstić information content (AvgIpc) is 2.38. The second-order valence-electron chi connectivity index (χ2n) is 4.77. The van der Waals surface area contributed by atoms with Gasteiger partial charge in [-0.05, 0) is 25.7 Å². The van der Waals surface area contributed by atoms with Crippen LogP contribution >= 0.6 is 0 Å². The van der Waals surface area contributed by atoms with Crippen molar-refractivity contribution in [2.75, 3.05) is 19.6 Å². The molecule has 0 aliphatic carbocycles. The molecular formula is C12H23N3O3. The van der Waals surface area contributed by atoms with E-state index in [2.05, 4.69) is 5.32 Å². The minimum absolute atomic E-state index is 0.0516. The summed E-state index contributed by atoms with van der Waals surface area (Å²) in [6.45, 7) is 3.41. The van der Waals surface area contributed by atoms with Crippen molar-refractivity contribution in [3.05, 3.63) is 0 Å². The predicted molar refractivity (Wildman–Crippen MR) is 67.8 cm³/mol. The number of piperidine rings is 1. The lowest BCUT2D eigenvalue weighted by Gasteiger charge is -2.30. The molecule has 6 nitrogen and oxygen atoms in total. The maximum atomic E-state index is 11.9. The number of rotatable bonds is 5. The standard InChI is InChI=1S/C12H23N3O3/c1-2-10(16)5-6-14-11(17)9-4-3-7-15(8-9)12(13)18/h9-10,16H,2-8H2,1H3,(H2,13,18)(H,14,17). The summed E-state index contributed by atoms with van der Waals surface area (Å²) in [5.41, 5.74) is 5.21. The minimum atomic E-state index is -0.464. The van der Waals surface area contributed by atoms with Crippen LogP contribution in [0, 0.1) is 5.92 Å². The molecule has 104 valence electrons. The molecule has 3 amide bonds. The number of nitrogens with two attached hydrogens (primary N) is 1. The molecule has 0 aromatic rings. The van der Waals surface area contributed by atoms with Crippen molar-refractivity contribution in [3.63, 3.8) is 0 Å². The van der Waals surface area contributed by atoms with Gasteiger partial charge in [-0.15, -0.1) is 0 Å². The Bertz CT molecular complexity index is 296. The van der Waals surface area contributed by atoms with Gasteiger partial charge in [0.2, 0.25) is 5.91 Å². The summed E-state index contributed by atoms with van der Waals surface area (Å²) in [6.07, 6.45) is 2.48. The lowest BCUT2D eigenvalue weighted by atomic mass is 9.97. The van der Waals surface area contributed by atoms with Crippen LogP contribution in [0.1, 0.15) is 32.6 Å². The number of amides is 3. The van der Waals surface area contributed by atoms with E-state index in [0.29, 0.717) is 32.5 Å². The molecule has 0 radical (unpaired) electrons. The summed E-state index contributed by atoms with van der Waals surface area (Å²) in [7, 11) is 0. The minimum Gasteiger partial charge on any atom is -0.393 e. The molecule has 1 aliphatic rings. The van der Waals surface area contributed by atoms with Crippen molar-refractivity contribution in [3.8, 4) is 0 Å². The molecule has 4 N–H and O–H groups in total. The summed E-state index contributed by atoms with van der Waals surface area (Å²) in [6, 6.07) is -0.464. The molecule has 1 aliphatic heterocycles. The summed E-state index contributed by atoms with van der Waals surface area (Å²) in [5, 5.41) is 12.2. The zero-order chi connectivity index (χ0) is 13.5. The molecule has 18 heavy (non-hydrogen) atoms. The van der Waals surface area contributed by atoms with Gasteiger partial charge >= 0.3 is 6.03 Å². The number of likely N-dealkylation sites (tertiary alicyclic amines) is 1. The SMILES string of the molecule is CCC(O)CCNC(=O)C1CCCN(C(N)=O)C1. The molecule has 2 unspecified atom stereocenters. The first-order valence-electron chi connectivity index (χ1n) is 6.54. The lowest BCUT2D eigenvalue weighted by molar-refractivity contribution is -0.126. The fourth-order valence-corrected chi connectivity index (χ4v) is 2.10. The highest BCUT2D eigenvalue weighted by Gasteiger charge is 2.27. The largest absolute Gasteiger partial charge is 0.393 e. The Morgan fingerprint density at radius 1 is 1.56 bits per heavy atom. The Labute approximate surface area is 108 Å². The number of nitrogens with one attached hydrogen (secondary N) is 1. The van der Waals surface area contributed by atoms with Crippen LogP contribution in [-0.2, 0) is 4.79 Å². The average molecular weight is 257 g/mol. The van der Waals surface area contributed by atoms with E-state index in [1.54, 1.807) is 0 Å². The zero-order valence-electron chi connectivity index (χ0n) is 10.9. The molecule has 0 spiro atoms. The third-order valence-corrected chi connectivity index (χ3v) is 3.35. The number of urea groups is 1.